The molecule has 0 aliphatic heterocycles. The third-order valence-electron chi connectivity index (χ3n) is 1.45. The summed E-state index contributed by atoms with van der Waals surface area (Å²) in [5.74, 6) is 0. The van der Waals surface area contributed by atoms with Gasteiger partial charge in [-0.05, 0) is 0 Å². The van der Waals surface area contributed by atoms with E-state index in [9.17, 15) is 4.57 Å². The lowest BCUT2D eigenvalue weighted by Crippen LogP contribution is -2.42. The molecule has 0 bridgehead atoms. The van der Waals surface area contributed by atoms with Crippen LogP contribution in [0.4, 0.5) is 0 Å². The number of methoxy groups -OCH3 is 1. The van der Waals surface area contributed by atoms with E-state index in [1.807, 2.05) is 14.1 Å². The van der Waals surface area contributed by atoms with Crippen LogP contribution in [0.1, 0.15) is 0 Å². The van der Waals surface area contributed by atoms with Crippen LogP contribution in [0.25, 0.3) is 0 Å². The minimum atomic E-state index is -2.86. The molecule has 0 rings (SSSR count). The molecule has 0 radical (unpaired) electrons. The molecule has 0 fully saturated rings. The monoisotopic (exact) mass is 212 g/mol. The largest absolute Gasteiger partial charge is 0.335 e. The van der Waals surface area contributed by atoms with Crippen LogP contribution in [0.5, 0.6) is 0 Å². The Balaban J connectivity index is 3.94. The van der Waals surface area contributed by atoms with Gasteiger partial charge in [-0.15, -0.1) is 0 Å². The predicted octanol–water partition coefficient (Wildman–Crippen LogP) is 1.11. The summed E-state index contributed by atoms with van der Waals surface area (Å²) in [6.07, 6.45) is 0. The summed E-state index contributed by atoms with van der Waals surface area (Å²) in [7, 11) is 3.95. The van der Waals surface area contributed by atoms with E-state index in [2.05, 4.69) is 0 Å². The lowest BCUT2D eigenvalue weighted by Gasteiger charge is -2.28. The van der Waals surface area contributed by atoms with Gasteiger partial charge in [0.2, 0.25) is 0 Å². The minimum absolute atomic E-state index is 0.301. The van der Waals surface area contributed by atoms with Crippen molar-refractivity contribution in [3.8, 4) is 0 Å². The van der Waals surface area contributed by atoms with Crippen LogP contribution in [0.3, 0.4) is 0 Å². The predicted molar refractivity (Wildman–Crippen MR) is 50.5 cm³/mol. The molecule has 80 valence electrons. The molecule has 0 N–H and O–H groups in total. The van der Waals surface area contributed by atoms with Crippen LogP contribution in [0, 0.1) is 0 Å². The van der Waals surface area contributed by atoms with Gasteiger partial charge in [0.05, 0.1) is 14.1 Å². The molecule has 6 heteroatoms. The molecular formula is C7H19NO4P+. The highest BCUT2D eigenvalue weighted by molar-refractivity contribution is 7.52. The molecule has 0 aromatic carbocycles. The molecule has 13 heavy (non-hydrogen) atoms. The molecule has 1 atom stereocenters. The van der Waals surface area contributed by atoms with Crippen LogP contribution >= 0.6 is 7.60 Å². The number of ether oxygens (including phenoxy) is 1. The standard InChI is InChI=1S/C7H19NO4P/c1-8(2,6-10-3)7-12-13(5,9)11-4/h6-7H2,1-5H3/q+1. The highest BCUT2D eigenvalue weighted by Crippen LogP contribution is 2.42. The van der Waals surface area contributed by atoms with E-state index < -0.39 is 7.60 Å². The van der Waals surface area contributed by atoms with Crippen LogP contribution in [-0.2, 0) is 18.3 Å². The van der Waals surface area contributed by atoms with Crippen LogP contribution in [0.15, 0.2) is 0 Å². The fourth-order valence-corrected chi connectivity index (χ4v) is 1.33. The Labute approximate surface area is 79.7 Å². The van der Waals surface area contributed by atoms with Crippen molar-refractivity contribution in [2.24, 2.45) is 0 Å². The van der Waals surface area contributed by atoms with Crippen molar-refractivity contribution in [3.63, 3.8) is 0 Å². The molecule has 0 heterocycles. The van der Waals surface area contributed by atoms with E-state index in [4.69, 9.17) is 13.8 Å². The van der Waals surface area contributed by atoms with Crippen LogP contribution in [-0.4, -0.2) is 52.9 Å². The molecule has 0 aliphatic rings. The van der Waals surface area contributed by atoms with E-state index >= 15 is 0 Å². The molecule has 0 spiro atoms. The minimum Gasteiger partial charge on any atom is -0.335 e. The summed E-state index contributed by atoms with van der Waals surface area (Å²) < 4.78 is 26.6. The molecule has 0 aromatic heterocycles. The molecule has 5 nitrogen and oxygen atoms in total. The number of hydrogen-bond donors (Lipinski definition) is 0. The topological polar surface area (TPSA) is 44.8 Å². The number of hydrogen-bond acceptors (Lipinski definition) is 4. The first-order valence-corrected chi connectivity index (χ1v) is 5.91. The fourth-order valence-electron chi connectivity index (χ4n) is 0.701. The Morgan fingerprint density at radius 1 is 1.23 bits per heavy atom. The van der Waals surface area contributed by atoms with E-state index in [-0.39, 0.29) is 0 Å². The first kappa shape index (κ1) is 13.1. The molecule has 0 saturated heterocycles. The normalized spacial score (nSPS) is 17.0. The van der Waals surface area contributed by atoms with Crippen molar-refractivity contribution in [3.05, 3.63) is 0 Å². The average Bonchev–Trinajstić information content (AvgIpc) is 2.02. The summed E-state index contributed by atoms with van der Waals surface area (Å²) in [6, 6.07) is 0. The maximum absolute atomic E-state index is 11.3. The SMILES string of the molecule is COC[N+](C)(C)COP(C)(=O)OC. The van der Waals surface area contributed by atoms with Crippen molar-refractivity contribution < 1.29 is 22.8 Å². The van der Waals surface area contributed by atoms with Crippen LogP contribution < -0.4 is 0 Å². The zero-order valence-electron chi connectivity index (χ0n) is 8.94. The molecule has 0 saturated carbocycles. The second kappa shape index (κ2) is 5.08. The van der Waals surface area contributed by atoms with Crippen LogP contribution in [0.2, 0.25) is 0 Å². The number of quaternary nitrogens is 1. The first-order chi connectivity index (χ1) is 5.83. The Morgan fingerprint density at radius 3 is 2.15 bits per heavy atom. The lowest BCUT2D eigenvalue weighted by molar-refractivity contribution is -0.924. The number of nitrogens with zero attached hydrogens (tertiary/aromatic N) is 1. The van der Waals surface area contributed by atoms with Crippen molar-refractivity contribution >= 4 is 7.60 Å². The quantitative estimate of drug-likeness (QED) is 0.376. The summed E-state index contributed by atoms with van der Waals surface area (Å²) in [5, 5.41) is 0. The number of rotatable bonds is 6. The second-order valence-corrected chi connectivity index (χ2v) is 5.73. The maximum Gasteiger partial charge on any atom is 0.331 e. The van der Waals surface area contributed by atoms with Gasteiger partial charge in [0.15, 0.2) is 13.5 Å². The van der Waals surface area contributed by atoms with Gasteiger partial charge in [0.25, 0.3) is 0 Å². The lowest BCUT2D eigenvalue weighted by atomic mass is 10.7. The summed E-state index contributed by atoms with van der Waals surface area (Å²) in [6.45, 7) is 2.25. The zero-order chi connectivity index (χ0) is 10.5. The summed E-state index contributed by atoms with van der Waals surface area (Å²) >= 11 is 0. The molecular weight excluding hydrogens is 193 g/mol. The van der Waals surface area contributed by atoms with Gasteiger partial charge < -0.3 is 9.26 Å². The van der Waals surface area contributed by atoms with Crippen molar-refractivity contribution in [2.75, 3.05) is 48.4 Å². The molecule has 0 aliphatic carbocycles. The van der Waals surface area contributed by atoms with Crippen molar-refractivity contribution in [1.29, 1.82) is 0 Å². The Hall–Kier alpha value is 0.0700. The Bertz CT molecular complexity index is 195. The summed E-state index contributed by atoms with van der Waals surface area (Å²) in [4.78, 5) is 0. The van der Waals surface area contributed by atoms with Gasteiger partial charge in [0.1, 0.15) is 0 Å². The van der Waals surface area contributed by atoms with Gasteiger partial charge in [-0.3, -0.25) is 13.6 Å². The van der Waals surface area contributed by atoms with E-state index in [0.717, 1.165) is 0 Å². The average molecular weight is 212 g/mol. The van der Waals surface area contributed by atoms with Gasteiger partial charge in [0, 0.05) is 20.9 Å². The Morgan fingerprint density at radius 2 is 1.77 bits per heavy atom. The smallest absolute Gasteiger partial charge is 0.331 e. The summed E-state index contributed by atoms with van der Waals surface area (Å²) in [5.41, 5.74) is 0. The fraction of sp³-hybridized carbons (Fsp3) is 1.00. The van der Waals surface area contributed by atoms with E-state index in [1.54, 1.807) is 7.11 Å². The van der Waals surface area contributed by atoms with E-state index in [0.29, 0.717) is 17.9 Å². The first-order valence-electron chi connectivity index (χ1n) is 3.92. The van der Waals surface area contributed by atoms with E-state index in [1.165, 1.54) is 13.8 Å². The zero-order valence-corrected chi connectivity index (χ0v) is 9.84. The van der Waals surface area contributed by atoms with Crippen molar-refractivity contribution in [2.45, 2.75) is 0 Å². The Kier molecular flexibility index (Phi) is 5.10. The van der Waals surface area contributed by atoms with Gasteiger partial charge >= 0.3 is 7.60 Å². The second-order valence-electron chi connectivity index (χ2n) is 3.57. The highest BCUT2D eigenvalue weighted by atomic mass is 31.2. The van der Waals surface area contributed by atoms with Gasteiger partial charge in [-0.2, -0.15) is 0 Å². The third-order valence-corrected chi connectivity index (χ3v) is 2.70. The molecule has 0 amide bonds. The molecule has 1 unspecified atom stereocenters. The van der Waals surface area contributed by atoms with Gasteiger partial charge in [-0.1, -0.05) is 0 Å². The maximum atomic E-state index is 11.3. The van der Waals surface area contributed by atoms with Crippen molar-refractivity contribution in [1.82, 2.24) is 0 Å². The van der Waals surface area contributed by atoms with Gasteiger partial charge in [-0.25, -0.2) is 0 Å². The molecule has 0 aromatic rings. The highest BCUT2D eigenvalue weighted by Gasteiger charge is 2.22. The third kappa shape index (κ3) is 6.18.